The quantitative estimate of drug-likeness (QED) is 0.739. The second kappa shape index (κ2) is 7.00. The Hall–Kier alpha value is -1.76. The van der Waals surface area contributed by atoms with Crippen LogP contribution in [0.3, 0.4) is 0 Å². The van der Waals surface area contributed by atoms with Crippen LogP contribution in [0.25, 0.3) is 0 Å². The molecule has 6 heteroatoms. The average molecular weight is 435 g/mol. The first-order valence-electron chi connectivity index (χ1n) is 9.16. The molecule has 2 aliphatic rings. The number of rotatable bonds is 4. The fourth-order valence-electron chi connectivity index (χ4n) is 4.20. The number of benzene rings is 2. The first kappa shape index (κ1) is 18.6. The number of nitrogens with zero attached hydrogens (tertiary/aromatic N) is 1. The predicted octanol–water partition coefficient (Wildman–Crippen LogP) is 3.98. The Labute approximate surface area is 168 Å². The van der Waals surface area contributed by atoms with E-state index >= 15 is 0 Å². The van der Waals surface area contributed by atoms with Crippen LogP contribution in [0.1, 0.15) is 35.3 Å². The third kappa shape index (κ3) is 3.30. The lowest BCUT2D eigenvalue weighted by molar-refractivity contribution is -0.924. The monoisotopic (exact) mass is 434 g/mol. The molecule has 4 rings (SSSR count). The minimum absolute atomic E-state index is 0.0943. The van der Waals surface area contributed by atoms with Gasteiger partial charge in [-0.2, -0.15) is 0 Å². The second-order valence-electron chi connectivity index (χ2n) is 7.79. The Balaban J connectivity index is 1.75. The highest BCUT2D eigenvalue weighted by Crippen LogP contribution is 2.52. The molecule has 0 unspecified atom stereocenters. The molecular formula is C21H25BrNO4+. The lowest BCUT2D eigenvalue weighted by atomic mass is 9.85. The Morgan fingerprint density at radius 2 is 2.00 bits per heavy atom. The van der Waals surface area contributed by atoms with Crippen molar-refractivity contribution in [2.45, 2.75) is 25.0 Å². The van der Waals surface area contributed by atoms with Gasteiger partial charge in [-0.05, 0) is 29.3 Å². The van der Waals surface area contributed by atoms with Gasteiger partial charge in [0.2, 0.25) is 12.5 Å². The van der Waals surface area contributed by atoms with Crippen molar-refractivity contribution in [1.82, 2.24) is 0 Å². The van der Waals surface area contributed by atoms with Crippen molar-refractivity contribution >= 4 is 15.9 Å². The van der Waals surface area contributed by atoms with Crippen LogP contribution >= 0.6 is 15.9 Å². The molecule has 2 atom stereocenters. The number of fused-ring (bicyclic) bond motifs is 2. The maximum Gasteiger partial charge on any atom is 0.231 e. The minimum atomic E-state index is -0.554. The molecule has 0 aromatic heterocycles. The SMILES string of the molecule is COc1c2c(cc3c1[C@H](C[C@@H](O)c1ccc(Br)cc1)[N+](C)(C)CC3)OCO2. The van der Waals surface area contributed by atoms with Gasteiger partial charge in [0.25, 0.3) is 0 Å². The van der Waals surface area contributed by atoms with Gasteiger partial charge in [0, 0.05) is 17.3 Å². The van der Waals surface area contributed by atoms with Gasteiger partial charge in [0.1, 0.15) is 6.04 Å². The van der Waals surface area contributed by atoms with E-state index in [4.69, 9.17) is 14.2 Å². The maximum atomic E-state index is 11.0. The smallest absolute Gasteiger partial charge is 0.231 e. The number of halogens is 1. The molecule has 0 saturated carbocycles. The number of likely N-dealkylation sites (N-methyl/N-ethyl adjacent to an activating group) is 1. The van der Waals surface area contributed by atoms with Crippen LogP contribution in [0, 0.1) is 0 Å². The summed E-state index contributed by atoms with van der Waals surface area (Å²) in [6.07, 6.45) is 0.999. The molecular weight excluding hydrogens is 410 g/mol. The van der Waals surface area contributed by atoms with E-state index in [9.17, 15) is 5.11 Å². The fourth-order valence-corrected chi connectivity index (χ4v) is 4.47. The summed E-state index contributed by atoms with van der Waals surface area (Å²) in [4.78, 5) is 0. The van der Waals surface area contributed by atoms with E-state index in [1.54, 1.807) is 7.11 Å². The Morgan fingerprint density at radius 3 is 2.70 bits per heavy atom. The van der Waals surface area contributed by atoms with E-state index in [1.807, 2.05) is 24.3 Å². The summed E-state index contributed by atoms with van der Waals surface area (Å²) < 4.78 is 18.9. The van der Waals surface area contributed by atoms with Gasteiger partial charge in [0.15, 0.2) is 11.5 Å². The molecule has 0 amide bonds. The summed E-state index contributed by atoms with van der Waals surface area (Å²) in [6, 6.07) is 10.0. The van der Waals surface area contributed by atoms with Gasteiger partial charge >= 0.3 is 0 Å². The van der Waals surface area contributed by atoms with Crippen LogP contribution in [0.2, 0.25) is 0 Å². The molecule has 5 nitrogen and oxygen atoms in total. The molecule has 27 heavy (non-hydrogen) atoms. The number of ether oxygens (including phenoxy) is 3. The molecule has 0 bridgehead atoms. The lowest BCUT2D eigenvalue weighted by Gasteiger charge is -2.44. The van der Waals surface area contributed by atoms with Gasteiger partial charge in [-0.25, -0.2) is 0 Å². The van der Waals surface area contributed by atoms with Gasteiger partial charge in [-0.1, -0.05) is 28.1 Å². The molecule has 0 saturated heterocycles. The van der Waals surface area contributed by atoms with Crippen molar-refractivity contribution < 1.29 is 23.8 Å². The van der Waals surface area contributed by atoms with Crippen LogP contribution in [0.15, 0.2) is 34.8 Å². The van der Waals surface area contributed by atoms with E-state index in [0.717, 1.165) is 44.5 Å². The highest BCUT2D eigenvalue weighted by molar-refractivity contribution is 9.10. The highest BCUT2D eigenvalue weighted by atomic mass is 79.9. The zero-order chi connectivity index (χ0) is 19.2. The first-order valence-corrected chi connectivity index (χ1v) is 9.95. The molecule has 1 N–H and O–H groups in total. The maximum absolute atomic E-state index is 11.0. The molecule has 0 fully saturated rings. The first-order chi connectivity index (χ1) is 12.9. The zero-order valence-corrected chi connectivity index (χ0v) is 17.5. The molecule has 2 aliphatic heterocycles. The van der Waals surface area contributed by atoms with Crippen LogP contribution in [0.4, 0.5) is 0 Å². The Morgan fingerprint density at radius 1 is 1.26 bits per heavy atom. The van der Waals surface area contributed by atoms with Crippen LogP contribution in [-0.4, -0.2) is 44.1 Å². The minimum Gasteiger partial charge on any atom is -0.492 e. The standard InChI is InChI=1S/C21H25BrNO4/c1-23(2)9-8-14-10-18-20(27-12-26-18)21(25-3)19(14)16(23)11-17(24)13-4-6-15(22)7-5-13/h4-7,10,16-17,24H,8-9,11-12H2,1-3H3/q+1/t16-,17+/m0/s1. The number of hydrogen-bond acceptors (Lipinski definition) is 4. The number of aliphatic hydroxyl groups excluding tert-OH is 1. The fraction of sp³-hybridized carbons (Fsp3) is 0.429. The molecule has 0 radical (unpaired) electrons. The second-order valence-corrected chi connectivity index (χ2v) is 8.70. The van der Waals surface area contributed by atoms with Crippen molar-refractivity contribution in [2.75, 3.05) is 34.5 Å². The average Bonchev–Trinajstić information content (AvgIpc) is 3.11. The summed E-state index contributed by atoms with van der Waals surface area (Å²) in [5.74, 6) is 2.19. The largest absolute Gasteiger partial charge is 0.492 e. The number of aliphatic hydroxyl groups is 1. The Bertz CT molecular complexity index is 850. The molecule has 2 heterocycles. The lowest BCUT2D eigenvalue weighted by Crippen LogP contribution is -2.48. The van der Waals surface area contributed by atoms with Crippen molar-refractivity contribution in [3.63, 3.8) is 0 Å². The third-order valence-corrected chi connectivity index (χ3v) is 6.31. The van der Waals surface area contributed by atoms with Gasteiger partial charge in [-0.15, -0.1) is 0 Å². The van der Waals surface area contributed by atoms with Gasteiger partial charge < -0.3 is 23.8 Å². The van der Waals surface area contributed by atoms with Crippen LogP contribution < -0.4 is 14.2 Å². The summed E-state index contributed by atoms with van der Waals surface area (Å²) in [5, 5.41) is 11.0. The number of methoxy groups -OCH3 is 1. The molecule has 0 spiro atoms. The summed E-state index contributed by atoms with van der Waals surface area (Å²) in [6.45, 7) is 1.21. The van der Waals surface area contributed by atoms with E-state index in [-0.39, 0.29) is 12.8 Å². The van der Waals surface area contributed by atoms with Crippen LogP contribution in [0.5, 0.6) is 17.2 Å². The highest BCUT2D eigenvalue weighted by Gasteiger charge is 2.42. The Kier molecular flexibility index (Phi) is 4.82. The molecule has 144 valence electrons. The number of hydrogen-bond donors (Lipinski definition) is 1. The topological polar surface area (TPSA) is 47.9 Å². The van der Waals surface area contributed by atoms with Crippen molar-refractivity contribution in [2.24, 2.45) is 0 Å². The molecule has 2 aromatic rings. The van der Waals surface area contributed by atoms with E-state index in [1.165, 1.54) is 5.56 Å². The van der Waals surface area contributed by atoms with Crippen molar-refractivity contribution in [3.8, 4) is 17.2 Å². The van der Waals surface area contributed by atoms with E-state index in [2.05, 4.69) is 36.1 Å². The third-order valence-electron chi connectivity index (χ3n) is 5.78. The summed E-state index contributed by atoms with van der Waals surface area (Å²) >= 11 is 3.45. The summed E-state index contributed by atoms with van der Waals surface area (Å²) in [7, 11) is 6.10. The van der Waals surface area contributed by atoms with Crippen molar-refractivity contribution in [1.29, 1.82) is 0 Å². The van der Waals surface area contributed by atoms with Crippen molar-refractivity contribution in [3.05, 3.63) is 51.5 Å². The predicted molar refractivity (Wildman–Crippen MR) is 106 cm³/mol. The summed E-state index contributed by atoms with van der Waals surface area (Å²) in [5.41, 5.74) is 3.28. The number of quaternary nitrogens is 1. The van der Waals surface area contributed by atoms with Crippen LogP contribution in [-0.2, 0) is 6.42 Å². The normalized spacial score (nSPS) is 20.9. The van der Waals surface area contributed by atoms with Gasteiger partial charge in [-0.3, -0.25) is 0 Å². The molecule has 0 aliphatic carbocycles. The molecule has 2 aromatic carbocycles. The van der Waals surface area contributed by atoms with E-state index < -0.39 is 6.10 Å². The zero-order valence-electron chi connectivity index (χ0n) is 15.9. The van der Waals surface area contributed by atoms with E-state index in [0.29, 0.717) is 12.2 Å². The van der Waals surface area contributed by atoms with Gasteiger partial charge in [0.05, 0.1) is 39.4 Å².